The third-order valence-corrected chi connectivity index (χ3v) is 5.70. The molecule has 8 heteroatoms. The van der Waals surface area contributed by atoms with Crippen LogP contribution in [0.5, 0.6) is 34.5 Å². The summed E-state index contributed by atoms with van der Waals surface area (Å²) in [6.45, 7) is 18.7. The van der Waals surface area contributed by atoms with Crippen LogP contribution in [0, 0.1) is 0 Å². The van der Waals surface area contributed by atoms with Crippen LogP contribution >= 0.6 is 0 Å². The lowest BCUT2D eigenvalue weighted by Gasteiger charge is -2.25. The molecule has 0 aromatic heterocycles. The summed E-state index contributed by atoms with van der Waals surface area (Å²) in [5.41, 5.74) is 1.60. The molecule has 218 valence electrons. The number of hydrogen-bond acceptors (Lipinski definition) is 8. The smallest absolute Gasteiger partial charge is 0.335 e. The molecule has 2 aromatic rings. The van der Waals surface area contributed by atoms with Crippen molar-refractivity contribution in [3.05, 3.63) is 60.7 Å². The predicted octanol–water partition coefficient (Wildman–Crippen LogP) is 7.18. The molecule has 0 saturated heterocycles. The zero-order chi connectivity index (χ0) is 29.5. The van der Waals surface area contributed by atoms with E-state index in [9.17, 15) is 9.59 Å². The van der Waals surface area contributed by atoms with Crippen molar-refractivity contribution in [3.8, 4) is 34.5 Å². The maximum absolute atomic E-state index is 12.1. The summed E-state index contributed by atoms with van der Waals surface area (Å²) in [5, 5.41) is 0. The fraction of sp³-hybridized carbons (Fsp3) is 0.438. The van der Waals surface area contributed by atoms with Gasteiger partial charge in [0.15, 0.2) is 23.0 Å². The summed E-state index contributed by atoms with van der Waals surface area (Å²) in [4.78, 5) is 24.1. The van der Waals surface area contributed by atoms with Crippen molar-refractivity contribution in [2.75, 3.05) is 26.4 Å². The first kappa shape index (κ1) is 32.3. The lowest BCUT2D eigenvalue weighted by Crippen LogP contribution is -2.12. The normalized spacial score (nSPS) is 10.6. The highest BCUT2D eigenvalue weighted by Gasteiger charge is 2.28. The summed E-state index contributed by atoms with van der Waals surface area (Å²) in [5.74, 6) is 0.703. The highest BCUT2D eigenvalue weighted by atomic mass is 16.6. The molecule has 0 atom stereocenters. The van der Waals surface area contributed by atoms with Crippen LogP contribution in [0.15, 0.2) is 49.6 Å². The molecule has 0 N–H and O–H groups in total. The number of carbonyl (C=O) groups excluding carboxylic acids is 2. The summed E-state index contributed by atoms with van der Waals surface area (Å²) >= 11 is 0. The summed E-state index contributed by atoms with van der Waals surface area (Å²) in [6.07, 6.45) is 5.23. The molecular weight excluding hydrogens is 512 g/mol. The number of esters is 2. The Morgan fingerprint density at radius 3 is 1.25 bits per heavy atom. The van der Waals surface area contributed by atoms with Crippen molar-refractivity contribution >= 4 is 11.9 Å². The Hall–Kier alpha value is -3.94. The van der Waals surface area contributed by atoms with Crippen LogP contribution in [0.3, 0.4) is 0 Å². The molecule has 40 heavy (non-hydrogen) atoms. The van der Waals surface area contributed by atoms with E-state index in [1.165, 1.54) is 0 Å². The molecule has 0 spiro atoms. The van der Waals surface area contributed by atoms with Gasteiger partial charge in [-0.1, -0.05) is 59.9 Å². The molecule has 2 rings (SSSR count). The van der Waals surface area contributed by atoms with Crippen LogP contribution in [0.4, 0.5) is 0 Å². The van der Waals surface area contributed by atoms with E-state index in [1.807, 2.05) is 46.8 Å². The van der Waals surface area contributed by atoms with Gasteiger partial charge in [-0.15, -0.1) is 0 Å². The molecule has 0 fully saturated rings. The van der Waals surface area contributed by atoms with Crippen molar-refractivity contribution in [2.24, 2.45) is 0 Å². The SMILES string of the molecule is C=CC(=O)Oc1ccc(C(C)c2ccc(OC(=O)C=C)c(OCCC)c2OCCC)c(OCCC)c1OCCC. The second-order valence-corrected chi connectivity index (χ2v) is 8.99. The Kier molecular flexibility index (Phi) is 13.6. The van der Waals surface area contributed by atoms with Gasteiger partial charge in [-0.2, -0.15) is 0 Å². The van der Waals surface area contributed by atoms with Gasteiger partial charge in [0.25, 0.3) is 0 Å². The molecule has 0 heterocycles. The molecule has 8 nitrogen and oxygen atoms in total. The van der Waals surface area contributed by atoms with Crippen molar-refractivity contribution < 1.29 is 38.0 Å². The number of benzene rings is 2. The molecule has 2 aromatic carbocycles. The van der Waals surface area contributed by atoms with Crippen LogP contribution in [0.25, 0.3) is 0 Å². The first-order valence-corrected chi connectivity index (χ1v) is 13.9. The third kappa shape index (κ3) is 8.53. The third-order valence-electron chi connectivity index (χ3n) is 5.70. The van der Waals surface area contributed by atoms with Crippen LogP contribution in [0.1, 0.15) is 77.3 Å². The van der Waals surface area contributed by atoms with E-state index in [-0.39, 0.29) is 17.4 Å². The van der Waals surface area contributed by atoms with Crippen LogP contribution < -0.4 is 28.4 Å². The van der Waals surface area contributed by atoms with Crippen molar-refractivity contribution in [2.45, 2.75) is 66.2 Å². The second-order valence-electron chi connectivity index (χ2n) is 8.99. The molecule has 0 amide bonds. The minimum atomic E-state index is -0.596. The van der Waals surface area contributed by atoms with Crippen molar-refractivity contribution in [1.29, 1.82) is 0 Å². The fourth-order valence-corrected chi connectivity index (χ4v) is 3.82. The van der Waals surface area contributed by atoms with Crippen molar-refractivity contribution in [1.82, 2.24) is 0 Å². The minimum absolute atomic E-state index is 0.251. The standard InChI is InChI=1S/C32H42O8/c1-8-18-35-29-23(14-16-25(39-27(33)12-5)31(29)37-20-10-3)22(7)24-15-17-26(40-28(34)13-6)32(38-21-11-4)30(24)36-19-9-2/h12-17,22H,5-6,8-11,18-21H2,1-4,7H3. The zero-order valence-electron chi connectivity index (χ0n) is 24.4. The molecule has 0 aliphatic rings. The molecule has 0 unspecified atom stereocenters. The van der Waals surface area contributed by atoms with Crippen LogP contribution in [0.2, 0.25) is 0 Å². The van der Waals surface area contributed by atoms with E-state index < -0.39 is 11.9 Å². The molecule has 0 bridgehead atoms. The summed E-state index contributed by atoms with van der Waals surface area (Å²) in [7, 11) is 0. The molecular formula is C32H42O8. The lowest BCUT2D eigenvalue weighted by molar-refractivity contribution is -0.130. The Balaban J connectivity index is 2.77. The highest BCUT2D eigenvalue weighted by molar-refractivity contribution is 5.85. The molecule has 0 saturated carbocycles. The van der Waals surface area contributed by atoms with E-state index in [4.69, 9.17) is 28.4 Å². The Bertz CT molecular complexity index is 1060. The maximum Gasteiger partial charge on any atom is 0.335 e. The van der Waals surface area contributed by atoms with E-state index in [0.29, 0.717) is 49.4 Å². The Morgan fingerprint density at radius 1 is 0.625 bits per heavy atom. The largest absolute Gasteiger partial charge is 0.489 e. The van der Waals surface area contributed by atoms with E-state index in [1.54, 1.807) is 12.1 Å². The van der Waals surface area contributed by atoms with E-state index in [0.717, 1.165) is 49.0 Å². The number of hydrogen-bond donors (Lipinski definition) is 0. The second kappa shape index (κ2) is 16.9. The summed E-state index contributed by atoms with van der Waals surface area (Å²) < 4.78 is 35.6. The quantitative estimate of drug-likeness (QED) is 0.109. The van der Waals surface area contributed by atoms with Gasteiger partial charge < -0.3 is 28.4 Å². The van der Waals surface area contributed by atoms with Gasteiger partial charge >= 0.3 is 11.9 Å². The minimum Gasteiger partial charge on any atom is -0.489 e. The average Bonchev–Trinajstić information content (AvgIpc) is 2.97. The van der Waals surface area contributed by atoms with Gasteiger partial charge in [0.1, 0.15) is 0 Å². The Labute approximate surface area is 237 Å². The highest BCUT2D eigenvalue weighted by Crippen LogP contribution is 2.49. The van der Waals surface area contributed by atoms with Gasteiger partial charge in [0.2, 0.25) is 11.5 Å². The average molecular weight is 555 g/mol. The fourth-order valence-electron chi connectivity index (χ4n) is 3.82. The molecule has 0 radical (unpaired) electrons. The number of rotatable bonds is 18. The predicted molar refractivity (Wildman–Crippen MR) is 155 cm³/mol. The topological polar surface area (TPSA) is 89.5 Å². The van der Waals surface area contributed by atoms with E-state index in [2.05, 4.69) is 13.2 Å². The monoisotopic (exact) mass is 554 g/mol. The maximum atomic E-state index is 12.1. The Morgan fingerprint density at radius 2 is 0.950 bits per heavy atom. The van der Waals surface area contributed by atoms with Crippen LogP contribution in [-0.2, 0) is 9.59 Å². The van der Waals surface area contributed by atoms with Crippen LogP contribution in [-0.4, -0.2) is 38.4 Å². The van der Waals surface area contributed by atoms with Gasteiger partial charge in [-0.25, -0.2) is 9.59 Å². The van der Waals surface area contributed by atoms with Gasteiger partial charge in [0.05, 0.1) is 26.4 Å². The van der Waals surface area contributed by atoms with Gasteiger partial charge in [-0.05, 0) is 37.8 Å². The molecule has 0 aliphatic heterocycles. The number of carbonyl (C=O) groups is 2. The van der Waals surface area contributed by atoms with Crippen molar-refractivity contribution in [3.63, 3.8) is 0 Å². The lowest BCUT2D eigenvalue weighted by atomic mass is 9.90. The van der Waals surface area contributed by atoms with Gasteiger partial charge in [0, 0.05) is 29.2 Å². The number of ether oxygens (including phenoxy) is 6. The first-order chi connectivity index (χ1) is 19.4. The first-order valence-electron chi connectivity index (χ1n) is 13.9. The summed E-state index contributed by atoms with van der Waals surface area (Å²) in [6, 6.07) is 7.08. The zero-order valence-corrected chi connectivity index (χ0v) is 24.4. The molecule has 0 aliphatic carbocycles. The van der Waals surface area contributed by atoms with Gasteiger partial charge in [-0.3, -0.25) is 0 Å². The van der Waals surface area contributed by atoms with E-state index >= 15 is 0 Å².